The fraction of sp³-hybridized carbons (Fsp3) is 0.750. The number of aryl methyl sites for hydroxylation is 2. The molecule has 0 bridgehead atoms. The molecule has 0 aliphatic carbocycles. The van der Waals surface area contributed by atoms with Crippen molar-refractivity contribution in [3.05, 3.63) is 11.5 Å². The van der Waals surface area contributed by atoms with E-state index in [1.54, 1.807) is 13.8 Å². The maximum Gasteiger partial charge on any atom is 0.248 e. The quantitative estimate of drug-likeness (QED) is 0.833. The summed E-state index contributed by atoms with van der Waals surface area (Å²) in [6.45, 7) is 8.12. The molecule has 2 atom stereocenters. The topological polar surface area (TPSA) is 95.8 Å². The molecule has 25 heavy (non-hydrogen) atoms. The predicted octanol–water partition coefficient (Wildman–Crippen LogP) is 0.512. The standard InChI is InChI=1S/C16H26N4O4S/c1-11-9-17-6-8-20(11)16(21)14-5-4-7-19(10-14)25(22,23)15-12(2)18-24-13(15)3/h11,14,17H,4-10H2,1-3H3/t11-,14?/m1/s1. The summed E-state index contributed by atoms with van der Waals surface area (Å²) in [6.07, 6.45) is 1.41. The van der Waals surface area contributed by atoms with Crippen LogP contribution in [0.2, 0.25) is 0 Å². The van der Waals surface area contributed by atoms with Crippen molar-refractivity contribution < 1.29 is 17.7 Å². The third-order valence-corrected chi connectivity index (χ3v) is 7.19. The highest BCUT2D eigenvalue weighted by Crippen LogP contribution is 2.28. The normalized spacial score (nSPS) is 26.0. The number of nitrogens with one attached hydrogen (secondary N) is 1. The number of aromatic nitrogens is 1. The molecule has 1 N–H and O–H groups in total. The van der Waals surface area contributed by atoms with Crippen molar-refractivity contribution in [1.29, 1.82) is 0 Å². The second-order valence-electron chi connectivity index (χ2n) is 6.94. The number of amides is 1. The second-order valence-corrected chi connectivity index (χ2v) is 8.82. The monoisotopic (exact) mass is 370 g/mol. The van der Waals surface area contributed by atoms with Gasteiger partial charge in [0.2, 0.25) is 15.9 Å². The first-order valence-corrected chi connectivity index (χ1v) is 10.2. The lowest BCUT2D eigenvalue weighted by atomic mass is 9.97. The Morgan fingerprint density at radius 2 is 2.08 bits per heavy atom. The molecule has 2 fully saturated rings. The number of sulfonamides is 1. The van der Waals surface area contributed by atoms with Gasteiger partial charge in [-0.25, -0.2) is 8.42 Å². The molecule has 0 radical (unpaired) electrons. The first-order chi connectivity index (χ1) is 11.8. The van der Waals surface area contributed by atoms with Gasteiger partial charge in [-0.3, -0.25) is 4.79 Å². The Morgan fingerprint density at radius 1 is 1.32 bits per heavy atom. The third kappa shape index (κ3) is 3.45. The smallest absolute Gasteiger partial charge is 0.248 e. The Hall–Kier alpha value is -1.45. The van der Waals surface area contributed by atoms with Gasteiger partial charge in [-0.15, -0.1) is 0 Å². The molecule has 0 aromatic carbocycles. The van der Waals surface area contributed by atoms with E-state index >= 15 is 0 Å². The van der Waals surface area contributed by atoms with Crippen LogP contribution in [0.15, 0.2) is 9.42 Å². The Labute approximate surface area is 148 Å². The SMILES string of the molecule is Cc1noc(C)c1S(=O)(=O)N1CCCC(C(=O)N2CCNC[C@H]2C)C1. The van der Waals surface area contributed by atoms with Gasteiger partial charge < -0.3 is 14.7 Å². The van der Waals surface area contributed by atoms with Crippen molar-refractivity contribution in [1.82, 2.24) is 19.7 Å². The van der Waals surface area contributed by atoms with Crippen LogP contribution in [0.3, 0.4) is 0 Å². The van der Waals surface area contributed by atoms with Crippen molar-refractivity contribution in [3.63, 3.8) is 0 Å². The number of piperidine rings is 1. The molecule has 8 nitrogen and oxygen atoms in total. The van der Waals surface area contributed by atoms with E-state index in [-0.39, 0.29) is 29.3 Å². The second kappa shape index (κ2) is 7.05. The van der Waals surface area contributed by atoms with Crippen LogP contribution < -0.4 is 5.32 Å². The Morgan fingerprint density at radius 3 is 2.72 bits per heavy atom. The van der Waals surface area contributed by atoms with Crippen LogP contribution in [-0.2, 0) is 14.8 Å². The van der Waals surface area contributed by atoms with Gasteiger partial charge in [0.15, 0.2) is 5.76 Å². The van der Waals surface area contributed by atoms with E-state index in [0.717, 1.165) is 19.5 Å². The van der Waals surface area contributed by atoms with E-state index in [1.165, 1.54) is 4.31 Å². The summed E-state index contributed by atoms with van der Waals surface area (Å²) < 4.78 is 32.4. The molecule has 0 saturated carbocycles. The molecule has 2 aliphatic heterocycles. The largest absolute Gasteiger partial charge is 0.360 e. The maximum atomic E-state index is 13.0. The lowest BCUT2D eigenvalue weighted by Gasteiger charge is -2.39. The van der Waals surface area contributed by atoms with Crippen molar-refractivity contribution in [2.24, 2.45) is 5.92 Å². The summed E-state index contributed by atoms with van der Waals surface area (Å²) in [7, 11) is -3.70. The summed E-state index contributed by atoms with van der Waals surface area (Å²) in [4.78, 5) is 14.9. The van der Waals surface area contributed by atoms with E-state index in [0.29, 0.717) is 31.0 Å². The summed E-state index contributed by atoms with van der Waals surface area (Å²) in [5, 5.41) is 7.02. The van der Waals surface area contributed by atoms with E-state index in [2.05, 4.69) is 10.5 Å². The lowest BCUT2D eigenvalue weighted by molar-refractivity contribution is -0.139. The van der Waals surface area contributed by atoms with Gasteiger partial charge in [0.05, 0.1) is 5.92 Å². The first kappa shape index (κ1) is 18.3. The van der Waals surface area contributed by atoms with E-state index in [1.807, 2.05) is 11.8 Å². The van der Waals surface area contributed by atoms with E-state index in [4.69, 9.17) is 4.52 Å². The molecule has 1 unspecified atom stereocenters. The molecule has 1 aromatic heterocycles. The van der Waals surface area contributed by atoms with Gasteiger partial charge in [0.1, 0.15) is 10.6 Å². The first-order valence-electron chi connectivity index (χ1n) is 8.76. The molecular weight excluding hydrogens is 344 g/mol. The molecule has 140 valence electrons. The number of hydrogen-bond acceptors (Lipinski definition) is 6. The zero-order chi connectivity index (χ0) is 18.2. The highest BCUT2D eigenvalue weighted by molar-refractivity contribution is 7.89. The minimum absolute atomic E-state index is 0.0627. The minimum Gasteiger partial charge on any atom is -0.360 e. The summed E-state index contributed by atoms with van der Waals surface area (Å²) >= 11 is 0. The molecule has 1 amide bonds. The molecule has 9 heteroatoms. The number of nitrogens with zero attached hydrogens (tertiary/aromatic N) is 3. The lowest BCUT2D eigenvalue weighted by Crippen LogP contribution is -2.55. The molecule has 2 aliphatic rings. The molecule has 2 saturated heterocycles. The van der Waals surface area contributed by atoms with Gasteiger partial charge in [-0.05, 0) is 33.6 Å². The Bertz CT molecular complexity index is 726. The van der Waals surface area contributed by atoms with Crippen LogP contribution in [0.5, 0.6) is 0 Å². The highest BCUT2D eigenvalue weighted by Gasteiger charge is 2.38. The number of carbonyl (C=O) groups excluding carboxylic acids is 1. The molecule has 1 aromatic rings. The zero-order valence-corrected chi connectivity index (χ0v) is 15.8. The number of rotatable bonds is 3. The fourth-order valence-corrected chi connectivity index (χ4v) is 5.55. The number of hydrogen-bond donors (Lipinski definition) is 1. The highest BCUT2D eigenvalue weighted by atomic mass is 32.2. The van der Waals surface area contributed by atoms with Crippen molar-refractivity contribution in [2.45, 2.75) is 44.6 Å². The Kier molecular flexibility index (Phi) is 5.17. The van der Waals surface area contributed by atoms with Crippen molar-refractivity contribution in [3.8, 4) is 0 Å². The fourth-order valence-electron chi connectivity index (χ4n) is 3.74. The van der Waals surface area contributed by atoms with E-state index in [9.17, 15) is 13.2 Å². The minimum atomic E-state index is -3.70. The number of piperazine rings is 1. The molecule has 3 heterocycles. The average Bonchev–Trinajstić information content (AvgIpc) is 2.94. The van der Waals surface area contributed by atoms with Crippen LogP contribution in [0.4, 0.5) is 0 Å². The summed E-state index contributed by atoms with van der Waals surface area (Å²) in [5.41, 5.74) is 0.363. The van der Waals surface area contributed by atoms with Crippen LogP contribution in [0.25, 0.3) is 0 Å². The van der Waals surface area contributed by atoms with Crippen molar-refractivity contribution in [2.75, 3.05) is 32.7 Å². The average molecular weight is 370 g/mol. The van der Waals surface area contributed by atoms with E-state index < -0.39 is 10.0 Å². The van der Waals surface area contributed by atoms with Crippen LogP contribution in [0.1, 0.15) is 31.2 Å². The van der Waals surface area contributed by atoms with Gasteiger partial charge in [-0.2, -0.15) is 4.31 Å². The maximum absolute atomic E-state index is 13.0. The molecule has 0 spiro atoms. The summed E-state index contributed by atoms with van der Waals surface area (Å²) in [6, 6.07) is 0.135. The zero-order valence-electron chi connectivity index (χ0n) is 15.0. The van der Waals surface area contributed by atoms with Gasteiger partial charge in [-0.1, -0.05) is 5.16 Å². The Balaban J connectivity index is 1.78. The van der Waals surface area contributed by atoms with Gasteiger partial charge in [0.25, 0.3) is 0 Å². The molecular formula is C16H26N4O4S. The third-order valence-electron chi connectivity index (χ3n) is 5.08. The van der Waals surface area contributed by atoms with Gasteiger partial charge >= 0.3 is 0 Å². The predicted molar refractivity (Wildman–Crippen MR) is 91.5 cm³/mol. The van der Waals surface area contributed by atoms with Gasteiger partial charge in [0, 0.05) is 38.8 Å². The number of carbonyl (C=O) groups is 1. The summed E-state index contributed by atoms with van der Waals surface area (Å²) in [5.74, 6) is 0.0684. The van der Waals surface area contributed by atoms with Crippen LogP contribution in [-0.4, -0.2) is 67.5 Å². The van der Waals surface area contributed by atoms with Crippen LogP contribution >= 0.6 is 0 Å². The van der Waals surface area contributed by atoms with Crippen molar-refractivity contribution >= 4 is 15.9 Å². The molecule has 3 rings (SSSR count). The van der Waals surface area contributed by atoms with Crippen LogP contribution in [0, 0.1) is 19.8 Å².